The molecule has 0 aliphatic carbocycles. The van der Waals surface area contributed by atoms with Gasteiger partial charge in [-0.05, 0) is 18.5 Å². The lowest BCUT2D eigenvalue weighted by atomic mass is 10.2. The van der Waals surface area contributed by atoms with Crippen LogP contribution in [-0.2, 0) is 4.43 Å². The first-order chi connectivity index (χ1) is 6.86. The van der Waals surface area contributed by atoms with Crippen LogP contribution in [-0.4, -0.2) is 15.6 Å². The van der Waals surface area contributed by atoms with Crippen LogP contribution in [0, 0.1) is 0 Å². The zero-order valence-corrected chi connectivity index (χ0v) is 10.1. The molecular weight excluding hydrogens is 188 g/mol. The highest BCUT2D eigenvalue weighted by atomic mass is 28.3. The van der Waals surface area contributed by atoms with Gasteiger partial charge in [-0.15, -0.1) is 0 Å². The van der Waals surface area contributed by atoms with E-state index < -0.39 is 9.04 Å². The van der Waals surface area contributed by atoms with E-state index in [1.165, 1.54) is 5.56 Å². The lowest BCUT2D eigenvalue weighted by Crippen LogP contribution is -2.13. The normalized spacial score (nSPS) is 13.3. The summed E-state index contributed by atoms with van der Waals surface area (Å²) in [6.45, 7) is 5.09. The van der Waals surface area contributed by atoms with Gasteiger partial charge in [0.15, 0.2) is 0 Å². The molecule has 0 radical (unpaired) electrons. The maximum absolute atomic E-state index is 5.66. The van der Waals surface area contributed by atoms with Crippen LogP contribution in [0.2, 0.25) is 6.04 Å². The Morgan fingerprint density at radius 2 is 1.93 bits per heavy atom. The van der Waals surface area contributed by atoms with Gasteiger partial charge in [0.25, 0.3) is 0 Å². The molecule has 1 aromatic rings. The fourth-order valence-corrected chi connectivity index (χ4v) is 2.79. The van der Waals surface area contributed by atoms with Gasteiger partial charge in [0.2, 0.25) is 9.04 Å². The molecule has 1 rings (SSSR count). The van der Waals surface area contributed by atoms with E-state index in [1.54, 1.807) is 0 Å². The molecule has 0 bridgehead atoms. The SMILES string of the molecule is CCO[SiH](/C=C/c1ccccc1)CC. The molecule has 0 saturated carbocycles. The molecule has 0 amide bonds. The zero-order valence-electron chi connectivity index (χ0n) is 8.94. The number of benzene rings is 1. The van der Waals surface area contributed by atoms with Crippen molar-refractivity contribution >= 4 is 15.1 Å². The Morgan fingerprint density at radius 3 is 2.50 bits per heavy atom. The molecule has 14 heavy (non-hydrogen) atoms. The predicted molar refractivity (Wildman–Crippen MR) is 64.7 cm³/mol. The Kier molecular flexibility index (Phi) is 5.26. The Bertz CT molecular complexity index is 269. The molecule has 0 N–H and O–H groups in total. The molecule has 0 aliphatic heterocycles. The second-order valence-electron chi connectivity index (χ2n) is 3.17. The molecule has 76 valence electrons. The summed E-state index contributed by atoms with van der Waals surface area (Å²) in [5, 5.41) is 0. The summed E-state index contributed by atoms with van der Waals surface area (Å²) in [5.74, 6) is 0. The first kappa shape index (κ1) is 11.2. The Hall–Kier alpha value is -0.863. The van der Waals surface area contributed by atoms with E-state index in [0.717, 1.165) is 12.7 Å². The molecule has 1 unspecified atom stereocenters. The van der Waals surface area contributed by atoms with Crippen molar-refractivity contribution in [3.8, 4) is 0 Å². The van der Waals surface area contributed by atoms with Gasteiger partial charge < -0.3 is 4.43 Å². The molecule has 2 heteroatoms. The summed E-state index contributed by atoms with van der Waals surface area (Å²) >= 11 is 0. The lowest BCUT2D eigenvalue weighted by Gasteiger charge is -2.07. The monoisotopic (exact) mass is 206 g/mol. The smallest absolute Gasteiger partial charge is 0.200 e. The van der Waals surface area contributed by atoms with E-state index in [9.17, 15) is 0 Å². The van der Waals surface area contributed by atoms with Crippen molar-refractivity contribution in [2.24, 2.45) is 0 Å². The Balaban J connectivity index is 2.53. The molecule has 0 saturated heterocycles. The van der Waals surface area contributed by atoms with E-state index in [-0.39, 0.29) is 0 Å². The average molecular weight is 206 g/mol. The number of hydrogen-bond acceptors (Lipinski definition) is 1. The predicted octanol–water partition coefficient (Wildman–Crippen LogP) is 3.02. The van der Waals surface area contributed by atoms with Gasteiger partial charge in [0.05, 0.1) is 0 Å². The molecular formula is C12H18OSi. The van der Waals surface area contributed by atoms with Gasteiger partial charge in [0.1, 0.15) is 0 Å². The third-order valence-corrected chi connectivity index (χ3v) is 4.27. The fourth-order valence-electron chi connectivity index (χ4n) is 1.31. The van der Waals surface area contributed by atoms with Gasteiger partial charge in [-0.3, -0.25) is 0 Å². The Morgan fingerprint density at radius 1 is 1.21 bits per heavy atom. The van der Waals surface area contributed by atoms with Crippen LogP contribution in [0.1, 0.15) is 19.4 Å². The summed E-state index contributed by atoms with van der Waals surface area (Å²) in [6, 6.07) is 11.5. The van der Waals surface area contributed by atoms with E-state index in [1.807, 2.05) is 6.07 Å². The molecule has 0 fully saturated rings. The first-order valence-electron chi connectivity index (χ1n) is 5.21. The third kappa shape index (κ3) is 3.90. The molecule has 0 aliphatic rings. The zero-order chi connectivity index (χ0) is 10.2. The van der Waals surface area contributed by atoms with Crippen LogP contribution >= 0.6 is 0 Å². The summed E-state index contributed by atoms with van der Waals surface area (Å²) in [4.78, 5) is 0. The second kappa shape index (κ2) is 6.57. The minimum atomic E-state index is -1.06. The first-order valence-corrected chi connectivity index (χ1v) is 7.17. The number of hydrogen-bond donors (Lipinski definition) is 0. The quantitative estimate of drug-likeness (QED) is 0.673. The van der Waals surface area contributed by atoms with Crippen LogP contribution in [0.3, 0.4) is 0 Å². The highest BCUT2D eigenvalue weighted by Gasteiger charge is 2.01. The topological polar surface area (TPSA) is 9.23 Å². The van der Waals surface area contributed by atoms with Crippen molar-refractivity contribution < 1.29 is 4.43 Å². The van der Waals surface area contributed by atoms with Gasteiger partial charge >= 0.3 is 0 Å². The maximum Gasteiger partial charge on any atom is 0.200 e. The average Bonchev–Trinajstić information content (AvgIpc) is 2.25. The van der Waals surface area contributed by atoms with E-state index in [4.69, 9.17) is 4.43 Å². The van der Waals surface area contributed by atoms with E-state index >= 15 is 0 Å². The van der Waals surface area contributed by atoms with Gasteiger partial charge in [-0.2, -0.15) is 0 Å². The van der Waals surface area contributed by atoms with Gasteiger partial charge in [-0.1, -0.05) is 49.0 Å². The molecule has 1 atom stereocenters. The van der Waals surface area contributed by atoms with Gasteiger partial charge in [0, 0.05) is 6.61 Å². The van der Waals surface area contributed by atoms with Crippen molar-refractivity contribution in [3.05, 3.63) is 41.6 Å². The van der Waals surface area contributed by atoms with Crippen molar-refractivity contribution in [2.75, 3.05) is 6.61 Å². The van der Waals surface area contributed by atoms with E-state index in [2.05, 4.69) is 49.9 Å². The van der Waals surface area contributed by atoms with E-state index in [0.29, 0.717) is 0 Å². The minimum Gasteiger partial charge on any atom is -0.416 e. The van der Waals surface area contributed by atoms with Gasteiger partial charge in [-0.25, -0.2) is 0 Å². The van der Waals surface area contributed by atoms with Crippen molar-refractivity contribution in [2.45, 2.75) is 19.9 Å². The molecule has 1 aromatic carbocycles. The summed E-state index contributed by atoms with van der Waals surface area (Å²) in [6.07, 6.45) is 2.18. The van der Waals surface area contributed by atoms with Crippen LogP contribution in [0.4, 0.5) is 0 Å². The standard InChI is InChI=1S/C12H18OSi/c1-3-13-14(4-2)11-10-12-8-6-5-7-9-12/h5-11,14H,3-4H2,1-2H3/b11-10+. The summed E-state index contributed by atoms with van der Waals surface area (Å²) in [5.41, 5.74) is 3.52. The number of rotatable bonds is 5. The third-order valence-electron chi connectivity index (χ3n) is 2.09. The largest absolute Gasteiger partial charge is 0.416 e. The van der Waals surface area contributed by atoms with Crippen LogP contribution in [0.15, 0.2) is 36.0 Å². The summed E-state index contributed by atoms with van der Waals surface area (Å²) < 4.78 is 5.66. The maximum atomic E-state index is 5.66. The van der Waals surface area contributed by atoms with Crippen molar-refractivity contribution in [1.82, 2.24) is 0 Å². The van der Waals surface area contributed by atoms with Crippen LogP contribution in [0.5, 0.6) is 0 Å². The van der Waals surface area contributed by atoms with Crippen LogP contribution < -0.4 is 0 Å². The van der Waals surface area contributed by atoms with Crippen molar-refractivity contribution in [1.29, 1.82) is 0 Å². The minimum absolute atomic E-state index is 0.837. The Labute approximate surface area is 88.1 Å². The summed E-state index contributed by atoms with van der Waals surface area (Å²) in [7, 11) is -1.06. The molecule has 1 nitrogen and oxygen atoms in total. The highest BCUT2D eigenvalue weighted by Crippen LogP contribution is 2.04. The molecule has 0 spiro atoms. The fraction of sp³-hybridized carbons (Fsp3) is 0.333. The second-order valence-corrected chi connectivity index (χ2v) is 5.78. The lowest BCUT2D eigenvalue weighted by molar-refractivity contribution is 0.350. The van der Waals surface area contributed by atoms with Crippen LogP contribution in [0.25, 0.3) is 6.08 Å². The molecule has 0 heterocycles. The van der Waals surface area contributed by atoms with Crippen molar-refractivity contribution in [3.63, 3.8) is 0 Å². The molecule has 0 aromatic heterocycles. The highest BCUT2D eigenvalue weighted by molar-refractivity contribution is 6.58.